The van der Waals surface area contributed by atoms with E-state index in [4.69, 9.17) is 21.6 Å². The Morgan fingerprint density at radius 3 is 2.43 bits per heavy atom. The van der Waals surface area contributed by atoms with Gasteiger partial charge in [0.15, 0.2) is 0 Å². The molecule has 1 heterocycles. The smallest absolute Gasteiger partial charge is 0.253 e. The fourth-order valence-corrected chi connectivity index (χ4v) is 5.53. The second-order valence-electron chi connectivity index (χ2n) is 8.81. The molecule has 1 saturated heterocycles. The molecule has 0 bridgehead atoms. The maximum atomic E-state index is 12.7. The van der Waals surface area contributed by atoms with Crippen molar-refractivity contribution in [1.82, 2.24) is 9.84 Å². The zero-order valence-electron chi connectivity index (χ0n) is 19.6. The Balaban J connectivity index is 1.20. The lowest BCUT2D eigenvalue weighted by Gasteiger charge is -2.18. The standard InChI is InChI=1S/C27H28ClN3O3S/c1-20-4-13-26(17-27(20)28)35(32,33)30-31-15-14-22(19-31)3-2-16-34-25-11-9-24(10-12-25)23-7-5-21(18-29)6-8-23/h4-13,17,22,30H,2-3,14-16,19H2,1H3/t22-/m1/s1. The minimum absolute atomic E-state index is 0.176. The molecule has 6 nitrogen and oxygen atoms in total. The number of nitriles is 1. The molecule has 1 fully saturated rings. The van der Waals surface area contributed by atoms with Crippen molar-refractivity contribution in [3.63, 3.8) is 0 Å². The molecule has 0 aromatic heterocycles. The van der Waals surface area contributed by atoms with E-state index in [1.54, 1.807) is 17.1 Å². The van der Waals surface area contributed by atoms with Gasteiger partial charge in [0.05, 0.1) is 23.1 Å². The van der Waals surface area contributed by atoms with E-state index >= 15 is 0 Å². The summed E-state index contributed by atoms with van der Waals surface area (Å²) >= 11 is 6.09. The number of nitrogens with zero attached hydrogens (tertiary/aromatic N) is 2. The van der Waals surface area contributed by atoms with Gasteiger partial charge in [-0.2, -0.15) is 5.26 Å². The number of hydrogen-bond acceptors (Lipinski definition) is 5. The van der Waals surface area contributed by atoms with Crippen LogP contribution in [-0.4, -0.2) is 33.1 Å². The van der Waals surface area contributed by atoms with Crippen molar-refractivity contribution >= 4 is 21.6 Å². The van der Waals surface area contributed by atoms with Crippen LogP contribution < -0.4 is 9.57 Å². The third-order valence-corrected chi connectivity index (χ3v) is 8.00. The average molecular weight is 510 g/mol. The predicted molar refractivity (Wildman–Crippen MR) is 138 cm³/mol. The number of aryl methyl sites for hydroxylation is 1. The Hall–Kier alpha value is -2.89. The summed E-state index contributed by atoms with van der Waals surface area (Å²) in [7, 11) is -3.64. The maximum absolute atomic E-state index is 12.7. The average Bonchev–Trinajstić information content (AvgIpc) is 3.30. The molecule has 0 unspecified atom stereocenters. The molecular weight excluding hydrogens is 482 g/mol. The Bertz CT molecular complexity index is 1300. The van der Waals surface area contributed by atoms with E-state index in [1.165, 1.54) is 6.07 Å². The van der Waals surface area contributed by atoms with E-state index < -0.39 is 10.0 Å². The first kappa shape index (κ1) is 25.2. The van der Waals surface area contributed by atoms with Crippen molar-refractivity contribution in [2.24, 2.45) is 5.92 Å². The van der Waals surface area contributed by atoms with E-state index in [-0.39, 0.29) is 4.90 Å². The van der Waals surface area contributed by atoms with E-state index in [0.717, 1.165) is 41.7 Å². The third kappa shape index (κ3) is 6.62. The van der Waals surface area contributed by atoms with Gasteiger partial charge in [-0.25, -0.2) is 13.4 Å². The monoisotopic (exact) mass is 509 g/mol. The van der Waals surface area contributed by atoms with Crippen LogP contribution in [0.25, 0.3) is 11.1 Å². The lowest BCUT2D eigenvalue weighted by molar-refractivity contribution is 0.269. The lowest BCUT2D eigenvalue weighted by Crippen LogP contribution is -2.40. The number of hydrazine groups is 1. The molecule has 182 valence electrons. The first-order chi connectivity index (χ1) is 16.8. The molecule has 0 saturated carbocycles. The van der Waals surface area contributed by atoms with Crippen LogP contribution in [0.2, 0.25) is 5.02 Å². The molecule has 4 rings (SSSR count). The van der Waals surface area contributed by atoms with Crippen molar-refractivity contribution in [3.05, 3.63) is 82.9 Å². The van der Waals surface area contributed by atoms with Gasteiger partial charge >= 0.3 is 0 Å². The minimum atomic E-state index is -3.64. The molecule has 1 atom stereocenters. The van der Waals surface area contributed by atoms with Crippen LogP contribution in [0.1, 0.15) is 30.4 Å². The lowest BCUT2D eigenvalue weighted by atomic mass is 10.0. The zero-order valence-corrected chi connectivity index (χ0v) is 21.1. The summed E-state index contributed by atoms with van der Waals surface area (Å²) in [6.07, 6.45) is 2.81. The highest BCUT2D eigenvalue weighted by molar-refractivity contribution is 7.89. The molecule has 0 spiro atoms. The second kappa shape index (κ2) is 11.2. The molecule has 0 amide bonds. The molecule has 35 heavy (non-hydrogen) atoms. The molecule has 1 aliphatic rings. The van der Waals surface area contributed by atoms with Crippen molar-refractivity contribution < 1.29 is 13.2 Å². The van der Waals surface area contributed by atoms with E-state index in [2.05, 4.69) is 10.9 Å². The van der Waals surface area contributed by atoms with Crippen LogP contribution >= 0.6 is 11.6 Å². The minimum Gasteiger partial charge on any atom is -0.494 e. The molecule has 0 aliphatic carbocycles. The molecule has 3 aromatic carbocycles. The first-order valence-electron chi connectivity index (χ1n) is 11.6. The Morgan fingerprint density at radius 2 is 1.77 bits per heavy atom. The zero-order chi connectivity index (χ0) is 24.8. The number of ether oxygens (including phenoxy) is 1. The third-order valence-electron chi connectivity index (χ3n) is 6.22. The van der Waals surface area contributed by atoms with Crippen molar-refractivity contribution in [2.75, 3.05) is 19.7 Å². The second-order valence-corrected chi connectivity index (χ2v) is 10.9. The number of nitrogens with one attached hydrogen (secondary N) is 1. The van der Waals surface area contributed by atoms with Crippen molar-refractivity contribution in [1.29, 1.82) is 5.26 Å². The SMILES string of the molecule is Cc1ccc(S(=O)(=O)NN2CC[C@@H](CCCOc3ccc(-c4ccc(C#N)cc4)cc3)C2)cc1Cl. The summed E-state index contributed by atoms with van der Waals surface area (Å²) in [4.78, 5) is 2.87. The van der Waals surface area contributed by atoms with Gasteiger partial charge in [0.2, 0.25) is 0 Å². The molecule has 0 radical (unpaired) electrons. The number of sulfonamides is 1. The van der Waals surface area contributed by atoms with Gasteiger partial charge in [-0.05, 0) is 85.2 Å². The van der Waals surface area contributed by atoms with Crippen LogP contribution in [-0.2, 0) is 10.0 Å². The van der Waals surface area contributed by atoms with Crippen LogP contribution in [0.5, 0.6) is 5.75 Å². The van der Waals surface area contributed by atoms with Crippen LogP contribution in [0, 0.1) is 24.2 Å². The van der Waals surface area contributed by atoms with Gasteiger partial charge in [-0.3, -0.25) is 0 Å². The highest BCUT2D eigenvalue weighted by Gasteiger charge is 2.26. The van der Waals surface area contributed by atoms with Crippen LogP contribution in [0.4, 0.5) is 0 Å². The number of halogens is 1. The Kier molecular flexibility index (Phi) is 8.09. The van der Waals surface area contributed by atoms with E-state index in [1.807, 2.05) is 55.5 Å². The Labute approximate surface area is 212 Å². The van der Waals surface area contributed by atoms with Gasteiger partial charge in [0.25, 0.3) is 10.0 Å². The van der Waals surface area contributed by atoms with E-state index in [9.17, 15) is 8.42 Å². The van der Waals surface area contributed by atoms with Crippen molar-refractivity contribution in [2.45, 2.75) is 31.1 Å². The fraction of sp³-hybridized carbons (Fsp3) is 0.296. The molecule has 3 aromatic rings. The quantitative estimate of drug-likeness (QED) is 0.382. The molecular formula is C27H28ClN3O3S. The number of hydrogen-bond donors (Lipinski definition) is 1. The number of rotatable bonds is 9. The highest BCUT2D eigenvalue weighted by Crippen LogP contribution is 2.25. The maximum Gasteiger partial charge on any atom is 0.253 e. The largest absolute Gasteiger partial charge is 0.494 e. The van der Waals surface area contributed by atoms with Gasteiger partial charge in [-0.15, -0.1) is 4.83 Å². The summed E-state index contributed by atoms with van der Waals surface area (Å²) in [5.74, 6) is 1.24. The van der Waals surface area contributed by atoms with Crippen molar-refractivity contribution in [3.8, 4) is 22.9 Å². The summed E-state index contributed by atoms with van der Waals surface area (Å²) in [5.41, 5.74) is 3.62. The summed E-state index contributed by atoms with van der Waals surface area (Å²) in [5, 5.41) is 11.1. The summed E-state index contributed by atoms with van der Waals surface area (Å²) < 4.78 is 31.2. The van der Waals surface area contributed by atoms with Gasteiger partial charge in [0, 0.05) is 18.1 Å². The first-order valence-corrected chi connectivity index (χ1v) is 13.5. The molecule has 8 heteroatoms. The van der Waals surface area contributed by atoms with Crippen LogP contribution in [0.15, 0.2) is 71.6 Å². The van der Waals surface area contributed by atoms with Gasteiger partial charge in [0.1, 0.15) is 5.75 Å². The van der Waals surface area contributed by atoms with E-state index in [0.29, 0.717) is 36.2 Å². The Morgan fingerprint density at radius 1 is 1.09 bits per heavy atom. The fourth-order valence-electron chi connectivity index (χ4n) is 4.16. The highest BCUT2D eigenvalue weighted by atomic mass is 35.5. The van der Waals surface area contributed by atoms with Gasteiger partial charge in [-0.1, -0.05) is 41.9 Å². The normalized spacial score (nSPS) is 16.2. The summed E-state index contributed by atoms with van der Waals surface area (Å²) in [6.45, 7) is 3.81. The summed E-state index contributed by atoms with van der Waals surface area (Å²) in [6, 6.07) is 22.3. The van der Waals surface area contributed by atoms with Gasteiger partial charge < -0.3 is 4.74 Å². The molecule has 1 aliphatic heterocycles. The van der Waals surface area contributed by atoms with Crippen LogP contribution in [0.3, 0.4) is 0 Å². The number of benzene rings is 3. The predicted octanol–water partition coefficient (Wildman–Crippen LogP) is 5.56. The molecule has 1 N–H and O–H groups in total. The topological polar surface area (TPSA) is 82.4 Å².